The van der Waals surface area contributed by atoms with Crippen LogP contribution in [-0.4, -0.2) is 54.6 Å². The Morgan fingerprint density at radius 1 is 1.06 bits per heavy atom. The Labute approximate surface area is 195 Å². The molecule has 9 heteroatoms. The minimum absolute atomic E-state index is 0.641. The molecule has 0 bridgehead atoms. The van der Waals surface area contributed by atoms with Crippen molar-refractivity contribution >= 4 is 44.6 Å². The zero-order valence-electron chi connectivity index (χ0n) is 18.4. The van der Waals surface area contributed by atoms with Gasteiger partial charge in [0.15, 0.2) is 6.35 Å². The van der Waals surface area contributed by atoms with E-state index in [1.807, 2.05) is 41.4 Å². The highest BCUT2D eigenvalue weighted by atomic mass is 16.3. The molecule has 0 fully saturated rings. The standard InChI is InChI=1S/C25H24N8O/c34-25(30-19-2-1-8-26-15-19)33-10-6-16(7-11-33)23-13-20-22(5-9-27-24(20)31-23)29-18-3-4-21-17(12-18)14-28-32-21/h1-6,8-9,12-15,25,30,34H,7,10-11H2,(H,28,32)(H2,27,29,31). The summed E-state index contributed by atoms with van der Waals surface area (Å²) in [7, 11) is 0. The van der Waals surface area contributed by atoms with Crippen molar-refractivity contribution in [3.63, 3.8) is 0 Å². The monoisotopic (exact) mass is 452 g/mol. The van der Waals surface area contributed by atoms with Crippen molar-refractivity contribution in [3.8, 4) is 0 Å². The number of H-pyrrole nitrogens is 2. The summed E-state index contributed by atoms with van der Waals surface area (Å²) in [4.78, 5) is 14.0. The molecule has 34 heavy (non-hydrogen) atoms. The Morgan fingerprint density at radius 3 is 2.88 bits per heavy atom. The third-order valence-electron chi connectivity index (χ3n) is 6.14. The maximum Gasteiger partial charge on any atom is 0.184 e. The molecule has 1 aliphatic heterocycles. The van der Waals surface area contributed by atoms with Crippen molar-refractivity contribution in [1.29, 1.82) is 0 Å². The average Bonchev–Trinajstić information content (AvgIpc) is 3.52. The van der Waals surface area contributed by atoms with Crippen LogP contribution >= 0.6 is 0 Å². The van der Waals surface area contributed by atoms with Crippen molar-refractivity contribution < 1.29 is 5.11 Å². The Balaban J connectivity index is 1.20. The van der Waals surface area contributed by atoms with Gasteiger partial charge in [-0.25, -0.2) is 4.98 Å². The average molecular weight is 453 g/mol. The molecule has 6 rings (SSSR count). The first-order valence-electron chi connectivity index (χ1n) is 11.2. The molecule has 0 radical (unpaired) electrons. The molecule has 0 saturated heterocycles. The molecule has 5 N–H and O–H groups in total. The third-order valence-corrected chi connectivity index (χ3v) is 6.14. The van der Waals surface area contributed by atoms with E-state index in [1.165, 1.54) is 5.57 Å². The van der Waals surface area contributed by atoms with E-state index in [4.69, 9.17) is 0 Å². The molecule has 5 heterocycles. The highest BCUT2D eigenvalue weighted by Gasteiger charge is 2.20. The maximum absolute atomic E-state index is 10.6. The smallest absolute Gasteiger partial charge is 0.184 e. The van der Waals surface area contributed by atoms with Gasteiger partial charge in [0, 0.05) is 47.6 Å². The van der Waals surface area contributed by atoms with Gasteiger partial charge < -0.3 is 20.7 Å². The minimum Gasteiger partial charge on any atom is -0.361 e. The predicted molar refractivity (Wildman–Crippen MR) is 134 cm³/mol. The van der Waals surface area contributed by atoms with Crippen molar-refractivity contribution in [2.45, 2.75) is 12.8 Å². The van der Waals surface area contributed by atoms with Gasteiger partial charge in [-0.1, -0.05) is 6.08 Å². The van der Waals surface area contributed by atoms with Gasteiger partial charge in [-0.3, -0.25) is 15.0 Å². The molecule has 0 spiro atoms. The second kappa shape index (κ2) is 8.62. The van der Waals surface area contributed by atoms with Gasteiger partial charge in [-0.05, 0) is 54.5 Å². The van der Waals surface area contributed by atoms with Crippen LogP contribution in [0.25, 0.3) is 27.5 Å². The van der Waals surface area contributed by atoms with Gasteiger partial charge in [0.2, 0.25) is 0 Å². The first-order valence-corrected chi connectivity index (χ1v) is 11.2. The number of nitrogens with zero attached hydrogens (tertiary/aromatic N) is 4. The number of hydrogen-bond acceptors (Lipinski definition) is 7. The number of benzene rings is 1. The summed E-state index contributed by atoms with van der Waals surface area (Å²) < 4.78 is 0. The zero-order valence-corrected chi connectivity index (χ0v) is 18.4. The summed E-state index contributed by atoms with van der Waals surface area (Å²) in [5, 5.41) is 26.3. The van der Waals surface area contributed by atoms with Crippen LogP contribution in [0.4, 0.5) is 17.1 Å². The summed E-state index contributed by atoms with van der Waals surface area (Å²) in [6.45, 7) is 1.38. The summed E-state index contributed by atoms with van der Waals surface area (Å²) >= 11 is 0. The first kappa shape index (κ1) is 20.4. The van der Waals surface area contributed by atoms with E-state index in [0.29, 0.717) is 6.54 Å². The Morgan fingerprint density at radius 2 is 2.03 bits per heavy atom. The minimum atomic E-state index is -0.769. The maximum atomic E-state index is 10.6. The predicted octanol–water partition coefficient (Wildman–Crippen LogP) is 4.05. The number of fused-ring (bicyclic) bond motifs is 2. The van der Waals surface area contributed by atoms with Gasteiger partial charge >= 0.3 is 0 Å². The molecule has 1 unspecified atom stereocenters. The van der Waals surface area contributed by atoms with E-state index >= 15 is 0 Å². The number of aliphatic hydroxyl groups is 1. The molecular weight excluding hydrogens is 428 g/mol. The third kappa shape index (κ3) is 3.98. The van der Waals surface area contributed by atoms with Crippen LogP contribution in [0, 0.1) is 0 Å². The number of pyridine rings is 2. The second-order valence-corrected chi connectivity index (χ2v) is 8.33. The lowest BCUT2D eigenvalue weighted by molar-refractivity contribution is 0.0342. The van der Waals surface area contributed by atoms with Crippen LogP contribution in [0.3, 0.4) is 0 Å². The van der Waals surface area contributed by atoms with Gasteiger partial charge in [-0.2, -0.15) is 5.10 Å². The number of hydrogen-bond donors (Lipinski definition) is 5. The van der Waals surface area contributed by atoms with Crippen molar-refractivity contribution in [3.05, 3.63) is 79.0 Å². The van der Waals surface area contributed by atoms with Gasteiger partial charge in [0.25, 0.3) is 0 Å². The van der Waals surface area contributed by atoms with E-state index in [0.717, 1.165) is 57.7 Å². The number of aromatic nitrogens is 5. The van der Waals surface area contributed by atoms with E-state index in [-0.39, 0.29) is 0 Å². The molecule has 0 saturated carbocycles. The number of anilines is 3. The highest BCUT2D eigenvalue weighted by Crippen LogP contribution is 2.31. The van der Waals surface area contributed by atoms with E-state index < -0.39 is 6.35 Å². The van der Waals surface area contributed by atoms with Crippen LogP contribution in [-0.2, 0) is 0 Å². The fourth-order valence-electron chi connectivity index (χ4n) is 4.32. The van der Waals surface area contributed by atoms with Crippen LogP contribution < -0.4 is 10.6 Å². The lowest BCUT2D eigenvalue weighted by Gasteiger charge is -2.31. The summed E-state index contributed by atoms with van der Waals surface area (Å²) in [6, 6.07) is 14.0. The molecule has 5 aromatic rings. The van der Waals surface area contributed by atoms with E-state index in [1.54, 1.807) is 18.6 Å². The zero-order chi connectivity index (χ0) is 22.9. The molecular formula is C25H24N8O. The Bertz CT molecular complexity index is 1470. The molecule has 1 aliphatic rings. The normalized spacial score (nSPS) is 15.4. The number of nitrogens with one attached hydrogen (secondary N) is 4. The van der Waals surface area contributed by atoms with Crippen molar-refractivity contribution in [2.24, 2.45) is 0 Å². The van der Waals surface area contributed by atoms with Gasteiger partial charge in [0.05, 0.1) is 29.3 Å². The summed E-state index contributed by atoms with van der Waals surface area (Å²) in [5.74, 6) is 0. The summed E-state index contributed by atoms with van der Waals surface area (Å²) in [6.07, 6.45) is 9.24. The lowest BCUT2D eigenvalue weighted by Crippen LogP contribution is -2.43. The number of aliphatic hydroxyl groups excluding tert-OH is 1. The molecule has 4 aromatic heterocycles. The van der Waals surface area contributed by atoms with Crippen LogP contribution in [0.15, 0.2) is 73.3 Å². The van der Waals surface area contributed by atoms with Crippen molar-refractivity contribution in [1.82, 2.24) is 30.0 Å². The molecule has 0 aliphatic carbocycles. The second-order valence-electron chi connectivity index (χ2n) is 8.33. The number of aromatic amines is 2. The summed E-state index contributed by atoms with van der Waals surface area (Å²) in [5.41, 5.74) is 6.89. The van der Waals surface area contributed by atoms with E-state index in [2.05, 4.69) is 54.0 Å². The molecule has 0 amide bonds. The molecule has 1 aromatic carbocycles. The van der Waals surface area contributed by atoms with Crippen molar-refractivity contribution in [2.75, 3.05) is 23.7 Å². The van der Waals surface area contributed by atoms with Crippen LogP contribution in [0.2, 0.25) is 0 Å². The SMILES string of the molecule is OC(Nc1cccnc1)N1CC=C(c2cc3c(Nc4ccc5[nH]ncc5c4)ccnc3[nH]2)CC1. The van der Waals surface area contributed by atoms with Gasteiger partial charge in [0.1, 0.15) is 5.65 Å². The van der Waals surface area contributed by atoms with E-state index in [9.17, 15) is 5.11 Å². The Hall–Kier alpha value is -4.21. The topological polar surface area (TPSA) is 118 Å². The lowest BCUT2D eigenvalue weighted by atomic mass is 10.0. The van der Waals surface area contributed by atoms with Crippen LogP contribution in [0.5, 0.6) is 0 Å². The fraction of sp³-hybridized carbons (Fsp3) is 0.160. The van der Waals surface area contributed by atoms with Crippen LogP contribution in [0.1, 0.15) is 12.1 Å². The highest BCUT2D eigenvalue weighted by molar-refractivity contribution is 5.95. The molecule has 170 valence electrons. The fourth-order valence-corrected chi connectivity index (χ4v) is 4.32. The van der Waals surface area contributed by atoms with Gasteiger partial charge in [-0.15, -0.1) is 0 Å². The molecule has 1 atom stereocenters. The number of rotatable bonds is 6. The quantitative estimate of drug-likeness (QED) is 0.247. The Kier molecular flexibility index (Phi) is 5.17. The first-order chi connectivity index (χ1) is 16.7. The molecule has 9 nitrogen and oxygen atoms in total. The largest absolute Gasteiger partial charge is 0.361 e.